The molecule has 1 saturated heterocycles. The molecule has 0 aliphatic carbocycles. The standard InChI is InChI=1S/C15H20N2O4/c1-15(10-18)9-11-7-13(17(19)20)12(8-14(11)21-15)16-5-3-2-4-6-16/h7-8,18H,2-6,9-10H2,1H3. The van der Waals surface area contributed by atoms with Crippen LogP contribution in [0.2, 0.25) is 0 Å². The number of ether oxygens (including phenoxy) is 1. The minimum absolute atomic E-state index is 0.103. The fourth-order valence-corrected chi connectivity index (χ4v) is 3.16. The molecule has 1 atom stereocenters. The van der Waals surface area contributed by atoms with Crippen LogP contribution < -0.4 is 9.64 Å². The molecule has 0 bridgehead atoms. The van der Waals surface area contributed by atoms with Gasteiger partial charge in [-0.15, -0.1) is 0 Å². The molecule has 1 N–H and O–H groups in total. The van der Waals surface area contributed by atoms with Crippen LogP contribution >= 0.6 is 0 Å². The van der Waals surface area contributed by atoms with Crippen LogP contribution in [0.25, 0.3) is 0 Å². The molecule has 114 valence electrons. The summed E-state index contributed by atoms with van der Waals surface area (Å²) in [5.41, 5.74) is 0.914. The van der Waals surface area contributed by atoms with Crippen LogP contribution in [-0.4, -0.2) is 35.3 Å². The van der Waals surface area contributed by atoms with Crippen molar-refractivity contribution in [3.8, 4) is 5.75 Å². The predicted molar refractivity (Wildman–Crippen MR) is 79.0 cm³/mol. The molecule has 2 aliphatic rings. The number of rotatable bonds is 3. The number of piperidine rings is 1. The number of nitro benzene ring substituents is 1. The van der Waals surface area contributed by atoms with Gasteiger partial charge in [0, 0.05) is 37.2 Å². The van der Waals surface area contributed by atoms with Crippen LogP contribution in [0.3, 0.4) is 0 Å². The van der Waals surface area contributed by atoms with Gasteiger partial charge >= 0.3 is 0 Å². The Morgan fingerprint density at radius 2 is 2.10 bits per heavy atom. The highest BCUT2D eigenvalue weighted by atomic mass is 16.6. The number of hydrogen-bond donors (Lipinski definition) is 1. The van der Waals surface area contributed by atoms with Crippen LogP contribution in [0.4, 0.5) is 11.4 Å². The zero-order valence-corrected chi connectivity index (χ0v) is 12.2. The van der Waals surface area contributed by atoms with Crippen molar-refractivity contribution in [2.45, 2.75) is 38.2 Å². The third-order valence-electron chi connectivity index (χ3n) is 4.31. The number of aliphatic hydroxyl groups is 1. The van der Waals surface area contributed by atoms with E-state index in [0.29, 0.717) is 17.9 Å². The SMILES string of the molecule is CC1(CO)Cc2cc([N+](=O)[O-])c(N3CCCCC3)cc2O1. The highest BCUT2D eigenvalue weighted by Crippen LogP contribution is 2.42. The summed E-state index contributed by atoms with van der Waals surface area (Å²) in [6.45, 7) is 3.40. The molecular weight excluding hydrogens is 272 g/mol. The van der Waals surface area contributed by atoms with Crippen molar-refractivity contribution in [3.63, 3.8) is 0 Å². The van der Waals surface area contributed by atoms with Crippen LogP contribution in [0.15, 0.2) is 12.1 Å². The topological polar surface area (TPSA) is 75.8 Å². The Labute approximate surface area is 123 Å². The molecule has 0 saturated carbocycles. The van der Waals surface area contributed by atoms with Gasteiger partial charge in [0.1, 0.15) is 17.0 Å². The second-order valence-corrected chi connectivity index (χ2v) is 6.14. The van der Waals surface area contributed by atoms with E-state index in [1.54, 1.807) is 12.1 Å². The van der Waals surface area contributed by atoms with E-state index in [2.05, 4.69) is 4.90 Å². The van der Waals surface area contributed by atoms with E-state index < -0.39 is 5.60 Å². The molecule has 1 aromatic rings. The Kier molecular flexibility index (Phi) is 3.49. The van der Waals surface area contributed by atoms with Crippen molar-refractivity contribution < 1.29 is 14.8 Å². The monoisotopic (exact) mass is 292 g/mol. The normalized spacial score (nSPS) is 24.6. The number of hydrogen-bond acceptors (Lipinski definition) is 5. The van der Waals surface area contributed by atoms with Gasteiger partial charge in [0.15, 0.2) is 0 Å². The van der Waals surface area contributed by atoms with Crippen molar-refractivity contribution in [2.75, 3.05) is 24.6 Å². The smallest absolute Gasteiger partial charge is 0.293 e. The molecule has 2 aliphatic heterocycles. The summed E-state index contributed by atoms with van der Waals surface area (Å²) in [6, 6.07) is 3.39. The first-order chi connectivity index (χ1) is 10.0. The maximum atomic E-state index is 11.4. The second kappa shape index (κ2) is 5.18. The lowest BCUT2D eigenvalue weighted by Crippen LogP contribution is -2.34. The molecule has 0 spiro atoms. The number of aliphatic hydroxyl groups excluding tert-OH is 1. The molecule has 3 rings (SSSR count). The fraction of sp³-hybridized carbons (Fsp3) is 0.600. The molecule has 1 fully saturated rings. The first-order valence-electron chi connectivity index (χ1n) is 7.38. The molecule has 1 aromatic carbocycles. The Morgan fingerprint density at radius 1 is 1.38 bits per heavy atom. The van der Waals surface area contributed by atoms with E-state index in [9.17, 15) is 15.2 Å². The lowest BCUT2D eigenvalue weighted by Gasteiger charge is -2.28. The summed E-state index contributed by atoms with van der Waals surface area (Å²) in [5.74, 6) is 0.665. The lowest BCUT2D eigenvalue weighted by atomic mass is 9.99. The highest BCUT2D eigenvalue weighted by Gasteiger charge is 2.37. The van der Waals surface area contributed by atoms with E-state index in [0.717, 1.165) is 31.5 Å². The first-order valence-corrected chi connectivity index (χ1v) is 7.38. The van der Waals surface area contributed by atoms with E-state index in [1.807, 2.05) is 6.92 Å². The van der Waals surface area contributed by atoms with E-state index in [-0.39, 0.29) is 17.2 Å². The lowest BCUT2D eigenvalue weighted by molar-refractivity contribution is -0.384. The second-order valence-electron chi connectivity index (χ2n) is 6.14. The third-order valence-corrected chi connectivity index (χ3v) is 4.31. The minimum Gasteiger partial charge on any atom is -0.484 e. The van der Waals surface area contributed by atoms with Crippen molar-refractivity contribution in [1.82, 2.24) is 0 Å². The highest BCUT2D eigenvalue weighted by molar-refractivity contribution is 5.69. The summed E-state index contributed by atoms with van der Waals surface area (Å²) < 4.78 is 5.81. The molecule has 0 aromatic heterocycles. The molecular formula is C15H20N2O4. The van der Waals surface area contributed by atoms with Crippen LogP contribution in [0.1, 0.15) is 31.7 Å². The van der Waals surface area contributed by atoms with Crippen molar-refractivity contribution >= 4 is 11.4 Å². The predicted octanol–water partition coefficient (Wildman–Crippen LogP) is 2.27. The fourth-order valence-electron chi connectivity index (χ4n) is 3.16. The van der Waals surface area contributed by atoms with Gasteiger partial charge in [-0.1, -0.05) is 0 Å². The number of benzene rings is 1. The first kappa shape index (κ1) is 14.1. The van der Waals surface area contributed by atoms with Crippen LogP contribution in [-0.2, 0) is 6.42 Å². The zero-order valence-electron chi connectivity index (χ0n) is 12.2. The van der Waals surface area contributed by atoms with Gasteiger partial charge in [0.25, 0.3) is 5.69 Å². The Bertz CT molecular complexity index is 569. The summed E-state index contributed by atoms with van der Waals surface area (Å²) in [6.07, 6.45) is 3.79. The van der Waals surface area contributed by atoms with Gasteiger partial charge in [-0.3, -0.25) is 10.1 Å². The minimum atomic E-state index is -0.670. The summed E-state index contributed by atoms with van der Waals surface area (Å²) in [7, 11) is 0. The van der Waals surface area contributed by atoms with Gasteiger partial charge in [0.05, 0.1) is 11.5 Å². The van der Waals surface area contributed by atoms with E-state index >= 15 is 0 Å². The summed E-state index contributed by atoms with van der Waals surface area (Å²) in [4.78, 5) is 13.1. The molecule has 0 amide bonds. The van der Waals surface area contributed by atoms with Crippen molar-refractivity contribution in [3.05, 3.63) is 27.8 Å². The zero-order chi connectivity index (χ0) is 15.0. The van der Waals surface area contributed by atoms with Gasteiger partial charge in [-0.2, -0.15) is 0 Å². The number of nitro groups is 1. The Balaban J connectivity index is 2.00. The maximum Gasteiger partial charge on any atom is 0.293 e. The number of nitrogens with zero attached hydrogens (tertiary/aromatic N) is 2. The molecule has 6 heteroatoms. The average Bonchev–Trinajstić information content (AvgIpc) is 2.83. The quantitative estimate of drug-likeness (QED) is 0.683. The molecule has 21 heavy (non-hydrogen) atoms. The number of anilines is 1. The Hall–Kier alpha value is -1.82. The van der Waals surface area contributed by atoms with Gasteiger partial charge in [-0.25, -0.2) is 0 Å². The third kappa shape index (κ3) is 2.55. The Morgan fingerprint density at radius 3 is 2.71 bits per heavy atom. The van der Waals surface area contributed by atoms with Gasteiger partial charge in [-0.05, 0) is 26.2 Å². The van der Waals surface area contributed by atoms with E-state index in [1.165, 1.54) is 6.42 Å². The largest absolute Gasteiger partial charge is 0.484 e. The van der Waals surface area contributed by atoms with E-state index in [4.69, 9.17) is 4.74 Å². The van der Waals surface area contributed by atoms with Crippen LogP contribution in [0, 0.1) is 10.1 Å². The van der Waals surface area contributed by atoms with Gasteiger partial charge < -0.3 is 14.7 Å². The molecule has 6 nitrogen and oxygen atoms in total. The molecule has 2 heterocycles. The molecule has 1 unspecified atom stereocenters. The summed E-state index contributed by atoms with van der Waals surface area (Å²) >= 11 is 0. The van der Waals surface area contributed by atoms with Crippen LogP contribution in [0.5, 0.6) is 5.75 Å². The van der Waals surface area contributed by atoms with Crippen molar-refractivity contribution in [1.29, 1.82) is 0 Å². The maximum absolute atomic E-state index is 11.4. The molecule has 0 radical (unpaired) electrons. The average molecular weight is 292 g/mol. The summed E-state index contributed by atoms with van der Waals surface area (Å²) in [5, 5.41) is 20.8. The van der Waals surface area contributed by atoms with Gasteiger partial charge in [0.2, 0.25) is 0 Å². The number of fused-ring (bicyclic) bond motifs is 1. The van der Waals surface area contributed by atoms with Crippen molar-refractivity contribution in [2.24, 2.45) is 0 Å².